The Kier molecular flexibility index (Phi) is 5.59. The second-order valence-electron chi connectivity index (χ2n) is 5.71. The summed E-state index contributed by atoms with van der Waals surface area (Å²) in [5, 5.41) is 0. The minimum atomic E-state index is 0.193. The molecule has 2 nitrogen and oxygen atoms in total. The van der Waals surface area contributed by atoms with E-state index in [4.69, 9.17) is 0 Å². The van der Waals surface area contributed by atoms with Crippen LogP contribution in [0.1, 0.15) is 47.0 Å². The maximum atomic E-state index is 11.8. The molecule has 0 aromatic heterocycles. The Morgan fingerprint density at radius 2 is 2.00 bits per heavy atom. The molecule has 0 atom stereocenters. The van der Waals surface area contributed by atoms with Gasteiger partial charge in [-0.25, -0.2) is 0 Å². The number of likely N-dealkylation sites (tertiary alicyclic amines) is 1. The topological polar surface area (TPSA) is 20.3 Å². The molecule has 1 saturated heterocycles. The zero-order chi connectivity index (χ0) is 14.5. The van der Waals surface area contributed by atoms with E-state index in [0.29, 0.717) is 11.8 Å². The smallest absolute Gasteiger partial charge is 0.162 e. The third-order valence-corrected chi connectivity index (χ3v) is 3.83. The van der Waals surface area contributed by atoms with E-state index in [1.165, 1.54) is 12.8 Å². The summed E-state index contributed by atoms with van der Waals surface area (Å²) in [5.41, 5.74) is 2.30. The fourth-order valence-corrected chi connectivity index (χ4v) is 2.79. The number of allylic oxidation sites excluding steroid dienone is 4. The number of carbonyl (C=O) groups excluding carboxylic acids is 1. The van der Waals surface area contributed by atoms with E-state index in [1.807, 2.05) is 32.1 Å². The van der Waals surface area contributed by atoms with Crippen LogP contribution in [-0.2, 0) is 4.79 Å². The van der Waals surface area contributed by atoms with Crippen LogP contribution in [0.5, 0.6) is 0 Å². The zero-order valence-corrected chi connectivity index (χ0v) is 12.8. The van der Waals surface area contributed by atoms with Crippen molar-refractivity contribution in [2.24, 2.45) is 5.41 Å². The number of ketones is 1. The van der Waals surface area contributed by atoms with Gasteiger partial charge in [-0.2, -0.15) is 0 Å². The van der Waals surface area contributed by atoms with E-state index >= 15 is 0 Å². The molecule has 1 rings (SSSR count). The highest BCUT2D eigenvalue weighted by Gasteiger charge is 2.38. The quantitative estimate of drug-likeness (QED) is 0.508. The third-order valence-electron chi connectivity index (χ3n) is 3.83. The first-order chi connectivity index (χ1) is 8.99. The van der Waals surface area contributed by atoms with E-state index in [-0.39, 0.29) is 5.78 Å². The number of Topliss-reactive ketones (excluding diaryl/α,β-unsaturated/α-hetero) is 1. The van der Waals surface area contributed by atoms with E-state index in [0.717, 1.165) is 24.4 Å². The van der Waals surface area contributed by atoms with Crippen LogP contribution in [0, 0.1) is 5.41 Å². The monoisotopic (exact) mass is 261 g/mol. The Bertz CT molecular complexity index is 397. The number of nitrogens with zero attached hydrogens (tertiary/aromatic N) is 1. The molecule has 0 unspecified atom stereocenters. The zero-order valence-electron chi connectivity index (χ0n) is 12.8. The van der Waals surface area contributed by atoms with Crippen molar-refractivity contribution >= 4 is 5.78 Å². The van der Waals surface area contributed by atoms with E-state index in [2.05, 4.69) is 25.3 Å². The molecule has 0 bridgehead atoms. The molecule has 1 fully saturated rings. The lowest BCUT2D eigenvalue weighted by molar-refractivity contribution is -0.115. The van der Waals surface area contributed by atoms with Crippen molar-refractivity contribution in [3.8, 4) is 0 Å². The predicted octanol–water partition coefficient (Wildman–Crippen LogP) is 4.10. The Labute approximate surface area is 117 Å². The lowest BCUT2D eigenvalue weighted by Gasteiger charge is -2.50. The molecule has 2 heteroatoms. The van der Waals surface area contributed by atoms with Crippen LogP contribution in [0.4, 0.5) is 0 Å². The molecule has 106 valence electrons. The minimum Gasteiger partial charge on any atom is -0.370 e. The molecule has 0 saturated carbocycles. The van der Waals surface area contributed by atoms with Crippen LogP contribution < -0.4 is 0 Å². The van der Waals surface area contributed by atoms with Crippen molar-refractivity contribution in [1.82, 2.24) is 4.90 Å². The van der Waals surface area contributed by atoms with Crippen molar-refractivity contribution in [2.45, 2.75) is 47.0 Å². The first-order valence-electron chi connectivity index (χ1n) is 7.28. The van der Waals surface area contributed by atoms with Gasteiger partial charge in [0.05, 0.1) is 0 Å². The molecular formula is C17H27NO. The summed E-state index contributed by atoms with van der Waals surface area (Å²) < 4.78 is 0. The molecule has 0 amide bonds. The van der Waals surface area contributed by atoms with Crippen LogP contribution in [-0.4, -0.2) is 23.8 Å². The SMILES string of the molecule is C=C/C(=C\C(=C/C)C(=O)CC)N1CC(C)(CCC)C1. The molecule has 0 spiro atoms. The second kappa shape index (κ2) is 6.74. The van der Waals surface area contributed by atoms with Gasteiger partial charge >= 0.3 is 0 Å². The van der Waals surface area contributed by atoms with Gasteiger partial charge in [0.15, 0.2) is 5.78 Å². The average Bonchev–Trinajstić information content (AvgIpc) is 2.37. The first-order valence-corrected chi connectivity index (χ1v) is 7.28. The van der Waals surface area contributed by atoms with Crippen molar-refractivity contribution in [3.63, 3.8) is 0 Å². The van der Waals surface area contributed by atoms with Crippen molar-refractivity contribution in [2.75, 3.05) is 13.1 Å². The van der Waals surface area contributed by atoms with Crippen molar-refractivity contribution in [1.29, 1.82) is 0 Å². The second-order valence-corrected chi connectivity index (χ2v) is 5.71. The van der Waals surface area contributed by atoms with Crippen LogP contribution in [0.25, 0.3) is 0 Å². The highest BCUT2D eigenvalue weighted by atomic mass is 16.1. The minimum absolute atomic E-state index is 0.193. The van der Waals surface area contributed by atoms with E-state index < -0.39 is 0 Å². The van der Waals surface area contributed by atoms with Gasteiger partial charge in [0.1, 0.15) is 0 Å². The van der Waals surface area contributed by atoms with Gasteiger partial charge in [-0.1, -0.05) is 39.8 Å². The highest BCUT2D eigenvalue weighted by molar-refractivity contribution is 5.97. The van der Waals surface area contributed by atoms with Gasteiger partial charge < -0.3 is 4.90 Å². The molecule has 0 aromatic rings. The molecule has 19 heavy (non-hydrogen) atoms. The van der Waals surface area contributed by atoms with E-state index in [1.54, 1.807) is 0 Å². The van der Waals surface area contributed by atoms with Crippen molar-refractivity contribution in [3.05, 3.63) is 36.1 Å². The number of carbonyl (C=O) groups is 1. The van der Waals surface area contributed by atoms with Gasteiger partial charge in [0, 0.05) is 36.2 Å². The highest BCUT2D eigenvalue weighted by Crippen LogP contribution is 2.37. The first kappa shape index (κ1) is 15.7. The third kappa shape index (κ3) is 3.82. The summed E-state index contributed by atoms with van der Waals surface area (Å²) in [6.07, 6.45) is 8.76. The summed E-state index contributed by atoms with van der Waals surface area (Å²) in [5.74, 6) is 0.193. The van der Waals surface area contributed by atoms with Gasteiger partial charge in [0.2, 0.25) is 0 Å². The molecule has 0 N–H and O–H groups in total. The summed E-state index contributed by atoms with van der Waals surface area (Å²) in [6, 6.07) is 0. The number of hydrogen-bond donors (Lipinski definition) is 0. The van der Waals surface area contributed by atoms with Gasteiger partial charge in [-0.15, -0.1) is 0 Å². The molecule has 0 radical (unpaired) electrons. The standard InChI is InChI=1S/C17H27NO/c1-6-10-17(5)12-18(13-17)15(8-3)11-14(7-2)16(19)9-4/h7-8,11H,3,6,9-10,12-13H2,1-2,4-5H3/b14-7+,15-11+. The van der Waals surface area contributed by atoms with Gasteiger partial charge in [0.25, 0.3) is 0 Å². The predicted molar refractivity (Wildman–Crippen MR) is 81.9 cm³/mol. The Morgan fingerprint density at radius 1 is 1.37 bits per heavy atom. The summed E-state index contributed by atoms with van der Waals surface area (Å²) in [4.78, 5) is 14.1. The Hall–Kier alpha value is -1.31. The Balaban J connectivity index is 2.75. The Morgan fingerprint density at radius 3 is 2.42 bits per heavy atom. The summed E-state index contributed by atoms with van der Waals surface area (Å²) in [7, 11) is 0. The lowest BCUT2D eigenvalue weighted by atomic mass is 9.77. The summed E-state index contributed by atoms with van der Waals surface area (Å²) >= 11 is 0. The fraction of sp³-hybridized carbons (Fsp3) is 0.588. The van der Waals surface area contributed by atoms with Crippen LogP contribution >= 0.6 is 0 Å². The molecule has 0 aliphatic carbocycles. The number of hydrogen-bond acceptors (Lipinski definition) is 2. The maximum Gasteiger partial charge on any atom is 0.162 e. The molecular weight excluding hydrogens is 234 g/mol. The number of rotatable bonds is 7. The largest absolute Gasteiger partial charge is 0.370 e. The molecule has 1 aliphatic heterocycles. The lowest BCUT2D eigenvalue weighted by Crippen LogP contribution is -2.53. The van der Waals surface area contributed by atoms with E-state index in [9.17, 15) is 4.79 Å². The van der Waals surface area contributed by atoms with Crippen molar-refractivity contribution < 1.29 is 4.79 Å². The molecule has 1 aliphatic rings. The average molecular weight is 261 g/mol. The van der Waals surface area contributed by atoms with Crippen LogP contribution in [0.2, 0.25) is 0 Å². The maximum absolute atomic E-state index is 11.8. The fourth-order valence-electron chi connectivity index (χ4n) is 2.79. The van der Waals surface area contributed by atoms with Crippen LogP contribution in [0.3, 0.4) is 0 Å². The van der Waals surface area contributed by atoms with Gasteiger partial charge in [-0.05, 0) is 25.5 Å². The van der Waals surface area contributed by atoms with Gasteiger partial charge in [-0.3, -0.25) is 4.79 Å². The molecule has 1 heterocycles. The summed E-state index contributed by atoms with van der Waals surface area (Å²) in [6.45, 7) is 14.4. The normalized spacial score (nSPS) is 19.1. The molecule has 0 aromatic carbocycles. The van der Waals surface area contributed by atoms with Crippen LogP contribution in [0.15, 0.2) is 36.1 Å².